The van der Waals surface area contributed by atoms with Crippen molar-refractivity contribution >= 4 is 23.4 Å². The van der Waals surface area contributed by atoms with Crippen LogP contribution in [0.15, 0.2) is 33.9 Å². The Labute approximate surface area is 165 Å². The van der Waals surface area contributed by atoms with E-state index in [1.54, 1.807) is 13.0 Å². The van der Waals surface area contributed by atoms with Crippen molar-refractivity contribution in [3.63, 3.8) is 0 Å². The standard InChI is InChI=1S/C18H19N5O4S/c1-12(15(24)20-18(11-19)8-3-2-4-9-18)28-17-22-21-16(27-17)13-6-5-7-14(10-13)23(25)26/h5-7,10,12H,2-4,8-9H2,1H3,(H,20,24)/t12-/m1/s1. The van der Waals surface area contributed by atoms with Gasteiger partial charge in [-0.25, -0.2) is 0 Å². The Hall–Kier alpha value is -2.93. The van der Waals surface area contributed by atoms with Crippen molar-refractivity contribution in [3.8, 4) is 17.5 Å². The summed E-state index contributed by atoms with van der Waals surface area (Å²) in [5, 5.41) is 30.7. The van der Waals surface area contributed by atoms with Crippen molar-refractivity contribution < 1.29 is 14.1 Å². The second-order valence-electron chi connectivity index (χ2n) is 6.68. The lowest BCUT2D eigenvalue weighted by molar-refractivity contribution is -0.384. The normalized spacial score (nSPS) is 16.7. The van der Waals surface area contributed by atoms with Gasteiger partial charge in [-0.05, 0) is 25.8 Å². The second kappa shape index (κ2) is 8.39. The molecular formula is C18H19N5O4S. The Balaban J connectivity index is 1.66. The number of thioether (sulfide) groups is 1. The van der Waals surface area contributed by atoms with Crippen LogP contribution in [0.25, 0.3) is 11.5 Å². The quantitative estimate of drug-likeness (QED) is 0.441. The van der Waals surface area contributed by atoms with Crippen LogP contribution in [0.3, 0.4) is 0 Å². The summed E-state index contributed by atoms with van der Waals surface area (Å²) in [5.74, 6) is -0.122. The van der Waals surface area contributed by atoms with Crippen molar-refractivity contribution in [1.82, 2.24) is 15.5 Å². The molecule has 0 radical (unpaired) electrons. The molecule has 2 aromatic rings. The summed E-state index contributed by atoms with van der Waals surface area (Å²) >= 11 is 1.08. The summed E-state index contributed by atoms with van der Waals surface area (Å²) in [6, 6.07) is 8.14. The van der Waals surface area contributed by atoms with Crippen LogP contribution in [0.4, 0.5) is 5.69 Å². The minimum atomic E-state index is -0.798. The number of rotatable bonds is 6. The zero-order valence-corrected chi connectivity index (χ0v) is 16.1. The van der Waals surface area contributed by atoms with Crippen LogP contribution in [0.1, 0.15) is 39.0 Å². The zero-order chi connectivity index (χ0) is 20.1. The molecule has 9 nitrogen and oxygen atoms in total. The fourth-order valence-corrected chi connectivity index (χ4v) is 3.77. The van der Waals surface area contributed by atoms with Gasteiger partial charge < -0.3 is 9.73 Å². The number of aromatic nitrogens is 2. The number of hydrogen-bond donors (Lipinski definition) is 1. The highest BCUT2D eigenvalue weighted by Gasteiger charge is 2.35. The molecule has 1 saturated carbocycles. The predicted octanol–water partition coefficient (Wildman–Crippen LogP) is 3.47. The molecule has 1 aliphatic carbocycles. The van der Waals surface area contributed by atoms with Gasteiger partial charge in [0.2, 0.25) is 11.8 Å². The van der Waals surface area contributed by atoms with Crippen LogP contribution in [-0.2, 0) is 4.79 Å². The maximum Gasteiger partial charge on any atom is 0.277 e. The first-order chi connectivity index (χ1) is 13.4. The van der Waals surface area contributed by atoms with Crippen LogP contribution in [0.2, 0.25) is 0 Å². The first kappa shape index (κ1) is 19.8. The number of carbonyl (C=O) groups is 1. The van der Waals surface area contributed by atoms with Crippen LogP contribution in [0, 0.1) is 21.4 Å². The number of carbonyl (C=O) groups excluding carboxylic acids is 1. The molecule has 28 heavy (non-hydrogen) atoms. The number of non-ortho nitro benzene ring substituents is 1. The molecule has 0 saturated heterocycles. The Morgan fingerprint density at radius 3 is 2.82 bits per heavy atom. The van der Waals surface area contributed by atoms with E-state index in [2.05, 4.69) is 21.6 Å². The van der Waals surface area contributed by atoms with E-state index in [-0.39, 0.29) is 22.7 Å². The summed E-state index contributed by atoms with van der Waals surface area (Å²) in [5.41, 5.74) is -0.448. The highest BCUT2D eigenvalue weighted by molar-refractivity contribution is 8.00. The van der Waals surface area contributed by atoms with Gasteiger partial charge in [-0.15, -0.1) is 10.2 Å². The number of nitro groups is 1. The van der Waals surface area contributed by atoms with Gasteiger partial charge in [0.1, 0.15) is 5.54 Å². The van der Waals surface area contributed by atoms with E-state index < -0.39 is 15.7 Å². The Morgan fingerprint density at radius 1 is 1.39 bits per heavy atom. The van der Waals surface area contributed by atoms with E-state index in [0.717, 1.165) is 31.0 Å². The lowest BCUT2D eigenvalue weighted by Crippen LogP contribution is -2.50. The zero-order valence-electron chi connectivity index (χ0n) is 15.3. The van der Waals surface area contributed by atoms with Gasteiger partial charge in [-0.2, -0.15) is 5.26 Å². The first-order valence-electron chi connectivity index (χ1n) is 8.91. The molecule has 1 fully saturated rings. The lowest BCUT2D eigenvalue weighted by atomic mass is 9.83. The number of amides is 1. The minimum Gasteiger partial charge on any atom is -0.411 e. The van der Waals surface area contributed by atoms with Gasteiger partial charge in [0.15, 0.2) is 0 Å². The molecule has 3 rings (SSSR count). The number of nitrogens with zero attached hydrogens (tertiary/aromatic N) is 4. The van der Waals surface area contributed by atoms with Gasteiger partial charge in [-0.3, -0.25) is 14.9 Å². The third-order valence-corrected chi connectivity index (χ3v) is 5.58. The molecule has 1 amide bonds. The third kappa shape index (κ3) is 4.48. The van der Waals surface area contributed by atoms with Crippen molar-refractivity contribution in [2.45, 2.75) is 55.0 Å². The van der Waals surface area contributed by atoms with E-state index in [1.807, 2.05) is 0 Å². The van der Waals surface area contributed by atoms with Gasteiger partial charge >= 0.3 is 0 Å². The third-order valence-electron chi connectivity index (χ3n) is 4.64. The number of nitriles is 1. The molecule has 1 aliphatic rings. The number of benzene rings is 1. The van der Waals surface area contributed by atoms with Crippen molar-refractivity contribution in [2.24, 2.45) is 0 Å². The molecule has 1 aromatic carbocycles. The molecular weight excluding hydrogens is 382 g/mol. The number of nitro benzene ring substituents is 1. The summed E-state index contributed by atoms with van der Waals surface area (Å²) in [7, 11) is 0. The summed E-state index contributed by atoms with van der Waals surface area (Å²) in [4.78, 5) is 22.9. The maximum atomic E-state index is 12.5. The van der Waals surface area contributed by atoms with E-state index >= 15 is 0 Å². The molecule has 0 unspecified atom stereocenters. The molecule has 1 N–H and O–H groups in total. The smallest absolute Gasteiger partial charge is 0.277 e. The molecule has 0 bridgehead atoms. The highest BCUT2D eigenvalue weighted by Crippen LogP contribution is 2.30. The minimum absolute atomic E-state index is 0.0769. The monoisotopic (exact) mass is 401 g/mol. The first-order valence-corrected chi connectivity index (χ1v) is 9.79. The average Bonchev–Trinajstić information content (AvgIpc) is 3.17. The van der Waals surface area contributed by atoms with Gasteiger partial charge in [0.05, 0.1) is 16.2 Å². The molecule has 1 aromatic heterocycles. The number of nitrogens with one attached hydrogen (secondary N) is 1. The topological polar surface area (TPSA) is 135 Å². The molecule has 1 heterocycles. The molecule has 1 atom stereocenters. The van der Waals surface area contributed by atoms with Crippen molar-refractivity contribution in [3.05, 3.63) is 34.4 Å². The van der Waals surface area contributed by atoms with Gasteiger partial charge in [-0.1, -0.05) is 37.1 Å². The van der Waals surface area contributed by atoms with Crippen LogP contribution in [-0.4, -0.2) is 31.8 Å². The highest BCUT2D eigenvalue weighted by atomic mass is 32.2. The second-order valence-corrected chi connectivity index (χ2v) is 7.98. The number of hydrogen-bond acceptors (Lipinski definition) is 8. The van der Waals surface area contributed by atoms with Crippen LogP contribution >= 0.6 is 11.8 Å². The maximum absolute atomic E-state index is 12.5. The fourth-order valence-electron chi connectivity index (χ4n) is 3.09. The SMILES string of the molecule is C[C@@H](Sc1nnc(-c2cccc([N+](=O)[O-])c2)o1)C(=O)NC1(C#N)CCCCC1. The summed E-state index contributed by atoms with van der Waals surface area (Å²) in [6.45, 7) is 1.70. The lowest BCUT2D eigenvalue weighted by Gasteiger charge is -2.32. The Kier molecular flexibility index (Phi) is 5.94. The van der Waals surface area contributed by atoms with E-state index in [0.29, 0.717) is 18.4 Å². The molecule has 0 aliphatic heterocycles. The molecule has 10 heteroatoms. The van der Waals surface area contributed by atoms with Crippen molar-refractivity contribution in [1.29, 1.82) is 5.26 Å². The van der Waals surface area contributed by atoms with Crippen LogP contribution < -0.4 is 5.32 Å². The largest absolute Gasteiger partial charge is 0.411 e. The van der Waals surface area contributed by atoms with E-state index in [1.165, 1.54) is 18.2 Å². The van der Waals surface area contributed by atoms with E-state index in [4.69, 9.17) is 4.42 Å². The summed E-state index contributed by atoms with van der Waals surface area (Å²) in [6.07, 6.45) is 4.23. The fraction of sp³-hybridized carbons (Fsp3) is 0.444. The molecule has 146 valence electrons. The van der Waals surface area contributed by atoms with Crippen molar-refractivity contribution in [2.75, 3.05) is 0 Å². The molecule has 0 spiro atoms. The van der Waals surface area contributed by atoms with Gasteiger partial charge in [0, 0.05) is 17.7 Å². The van der Waals surface area contributed by atoms with Crippen LogP contribution in [0.5, 0.6) is 0 Å². The Bertz CT molecular complexity index is 917. The predicted molar refractivity (Wildman–Crippen MR) is 101 cm³/mol. The van der Waals surface area contributed by atoms with E-state index in [9.17, 15) is 20.2 Å². The summed E-state index contributed by atoms with van der Waals surface area (Å²) < 4.78 is 5.54. The Morgan fingerprint density at radius 2 is 2.14 bits per heavy atom. The van der Waals surface area contributed by atoms with Gasteiger partial charge in [0.25, 0.3) is 10.9 Å². The average molecular weight is 401 g/mol.